The molecule has 0 aliphatic heterocycles. The van der Waals surface area contributed by atoms with Gasteiger partial charge < -0.3 is 15.4 Å². The number of hydrogen-bond acceptors (Lipinski definition) is 4. The van der Waals surface area contributed by atoms with Crippen molar-refractivity contribution >= 4 is 28.8 Å². The highest BCUT2D eigenvalue weighted by atomic mass is 32.1. The number of ether oxygens (including phenoxy) is 1. The highest BCUT2D eigenvalue weighted by molar-refractivity contribution is 7.80. The minimum atomic E-state index is -0.772. The molecule has 5 nitrogen and oxygen atoms in total. The third-order valence-electron chi connectivity index (χ3n) is 3.33. The molecule has 0 fully saturated rings. The number of para-hydroxylation sites is 1. The van der Waals surface area contributed by atoms with E-state index in [9.17, 15) is 13.2 Å². The zero-order chi connectivity index (χ0) is 19.2. The van der Waals surface area contributed by atoms with Gasteiger partial charge in [-0.05, 0) is 42.0 Å². The highest BCUT2D eigenvalue weighted by Gasteiger charge is 2.11. The van der Waals surface area contributed by atoms with Gasteiger partial charge in [0, 0.05) is 0 Å². The smallest absolute Gasteiger partial charge is 0.318 e. The quantitative estimate of drug-likeness (QED) is 0.634. The number of rotatable bonds is 5. The van der Waals surface area contributed by atoms with Gasteiger partial charge in [0.05, 0.1) is 11.9 Å². The van der Waals surface area contributed by atoms with Crippen molar-refractivity contribution < 1.29 is 17.9 Å². The van der Waals surface area contributed by atoms with Gasteiger partial charge in [0.2, 0.25) is 0 Å². The zero-order valence-electron chi connectivity index (χ0n) is 13.7. The van der Waals surface area contributed by atoms with Gasteiger partial charge in [-0.15, -0.1) is 0 Å². The number of benzene rings is 2. The fraction of sp³-hybridized carbons (Fsp3) is 0.0556. The van der Waals surface area contributed by atoms with Gasteiger partial charge >= 0.3 is 6.01 Å². The first-order valence-corrected chi connectivity index (χ1v) is 8.14. The van der Waals surface area contributed by atoms with Crippen molar-refractivity contribution in [3.05, 3.63) is 77.7 Å². The third kappa shape index (κ3) is 5.14. The second-order valence-corrected chi connectivity index (χ2v) is 5.73. The maximum Gasteiger partial charge on any atom is 0.318 e. The number of aromatic nitrogens is 2. The normalized spacial score (nSPS) is 10.3. The summed E-state index contributed by atoms with van der Waals surface area (Å²) in [5.41, 5.74) is 0.696. The van der Waals surface area contributed by atoms with Gasteiger partial charge in [0.25, 0.3) is 0 Å². The largest absolute Gasteiger partial charge is 0.459 e. The molecule has 3 rings (SSSR count). The molecular weight excluding hydrogens is 377 g/mol. The van der Waals surface area contributed by atoms with Crippen molar-refractivity contribution in [3.8, 4) is 6.01 Å². The van der Waals surface area contributed by atoms with Gasteiger partial charge in [-0.3, -0.25) is 0 Å². The fourth-order valence-electron chi connectivity index (χ4n) is 2.11. The molecular formula is C18H13F3N4OS. The van der Waals surface area contributed by atoms with E-state index in [1.165, 1.54) is 30.3 Å². The van der Waals surface area contributed by atoms with E-state index >= 15 is 0 Å². The number of anilines is 2. The lowest BCUT2D eigenvalue weighted by molar-refractivity contribution is 0.279. The first-order chi connectivity index (χ1) is 13.0. The topological polar surface area (TPSA) is 59.1 Å². The molecule has 0 saturated carbocycles. The van der Waals surface area contributed by atoms with E-state index in [1.54, 1.807) is 18.2 Å². The van der Waals surface area contributed by atoms with Crippen LogP contribution < -0.4 is 15.4 Å². The molecule has 0 amide bonds. The molecule has 0 saturated heterocycles. The summed E-state index contributed by atoms with van der Waals surface area (Å²) in [7, 11) is 0. The molecule has 1 aromatic heterocycles. The molecule has 27 heavy (non-hydrogen) atoms. The Kier molecular flexibility index (Phi) is 5.82. The van der Waals surface area contributed by atoms with Crippen LogP contribution in [0, 0.1) is 17.5 Å². The molecule has 0 unspecified atom stereocenters. The Hall–Kier alpha value is -3.20. The van der Waals surface area contributed by atoms with E-state index in [0.29, 0.717) is 5.56 Å². The third-order valence-corrected chi connectivity index (χ3v) is 3.54. The first kappa shape index (κ1) is 18.6. The van der Waals surface area contributed by atoms with Gasteiger partial charge in [-0.25, -0.2) is 18.2 Å². The second kappa shape index (κ2) is 8.45. The summed E-state index contributed by atoms with van der Waals surface area (Å²) in [6.07, 6.45) is 0.905. The maximum atomic E-state index is 13.9. The van der Waals surface area contributed by atoms with Crippen molar-refractivity contribution in [1.82, 2.24) is 9.97 Å². The maximum absolute atomic E-state index is 13.9. The van der Waals surface area contributed by atoms with Crippen LogP contribution in [0.2, 0.25) is 0 Å². The van der Waals surface area contributed by atoms with Crippen LogP contribution in [-0.2, 0) is 6.61 Å². The van der Waals surface area contributed by atoms with E-state index in [1.807, 2.05) is 0 Å². The van der Waals surface area contributed by atoms with Gasteiger partial charge in [0.15, 0.2) is 16.7 Å². The molecule has 9 heteroatoms. The Bertz CT molecular complexity index is 971. The minimum absolute atomic E-state index is 0.000749. The number of nitrogens with zero attached hydrogens (tertiary/aromatic N) is 2. The summed E-state index contributed by atoms with van der Waals surface area (Å²) < 4.78 is 46.0. The summed E-state index contributed by atoms with van der Waals surface area (Å²) in [4.78, 5) is 7.60. The molecule has 0 aliphatic carbocycles. The molecule has 2 N–H and O–H groups in total. The standard InChI is InChI=1S/C18H13F3N4OS/c19-12-5-3-4-11(8-12)10-26-17-22-9-14(21)16(24-17)25-18(27)23-15-7-2-1-6-13(15)20/h1-9H,10H2,(H2,22,23,24,25,27). The summed E-state index contributed by atoms with van der Waals surface area (Å²) in [5.74, 6) is -1.93. The van der Waals surface area contributed by atoms with Crippen LogP contribution in [0.25, 0.3) is 0 Å². The number of hydrogen-bond donors (Lipinski definition) is 2. The Labute approximate surface area is 158 Å². The summed E-state index contributed by atoms with van der Waals surface area (Å²) in [6, 6.07) is 11.6. The van der Waals surface area contributed by atoms with Crippen molar-refractivity contribution in [1.29, 1.82) is 0 Å². The van der Waals surface area contributed by atoms with Crippen LogP contribution in [-0.4, -0.2) is 15.1 Å². The van der Waals surface area contributed by atoms with Gasteiger partial charge in [-0.2, -0.15) is 4.98 Å². The molecule has 0 radical (unpaired) electrons. The lowest BCUT2D eigenvalue weighted by Crippen LogP contribution is -2.21. The Balaban J connectivity index is 1.66. The van der Waals surface area contributed by atoms with Gasteiger partial charge in [0.1, 0.15) is 18.2 Å². The molecule has 3 aromatic rings. The molecule has 0 aliphatic rings. The summed E-state index contributed by atoms with van der Waals surface area (Å²) >= 11 is 5.04. The van der Waals surface area contributed by atoms with E-state index in [0.717, 1.165) is 6.20 Å². The van der Waals surface area contributed by atoms with E-state index in [-0.39, 0.29) is 29.2 Å². The Morgan fingerprint density at radius 3 is 2.59 bits per heavy atom. The number of nitrogens with one attached hydrogen (secondary N) is 2. The molecule has 0 atom stereocenters. The Morgan fingerprint density at radius 1 is 1.00 bits per heavy atom. The van der Waals surface area contributed by atoms with Crippen LogP contribution >= 0.6 is 12.2 Å². The predicted octanol–water partition coefficient (Wildman–Crippen LogP) is 4.28. The number of halogens is 3. The molecule has 1 heterocycles. The van der Waals surface area contributed by atoms with Crippen LogP contribution in [0.3, 0.4) is 0 Å². The average Bonchev–Trinajstić information content (AvgIpc) is 2.64. The van der Waals surface area contributed by atoms with Crippen LogP contribution in [0.4, 0.5) is 24.7 Å². The van der Waals surface area contributed by atoms with Crippen molar-refractivity contribution in [2.24, 2.45) is 0 Å². The summed E-state index contributed by atoms with van der Waals surface area (Å²) in [5, 5.41) is 5.07. The van der Waals surface area contributed by atoms with Crippen LogP contribution in [0.15, 0.2) is 54.7 Å². The molecule has 0 spiro atoms. The first-order valence-electron chi connectivity index (χ1n) is 7.73. The molecule has 0 bridgehead atoms. The SMILES string of the molecule is Fc1cccc(COc2ncc(F)c(NC(=S)Nc3ccccc3F)n2)c1. The van der Waals surface area contributed by atoms with E-state index in [4.69, 9.17) is 17.0 Å². The van der Waals surface area contributed by atoms with Gasteiger partial charge in [-0.1, -0.05) is 24.3 Å². The zero-order valence-corrected chi connectivity index (χ0v) is 14.6. The van der Waals surface area contributed by atoms with Crippen LogP contribution in [0.1, 0.15) is 5.56 Å². The van der Waals surface area contributed by atoms with E-state index in [2.05, 4.69) is 20.6 Å². The Morgan fingerprint density at radius 2 is 1.81 bits per heavy atom. The monoisotopic (exact) mass is 390 g/mol. The molecule has 2 aromatic carbocycles. The number of thiocarbonyl (C=S) groups is 1. The van der Waals surface area contributed by atoms with Crippen LogP contribution in [0.5, 0.6) is 6.01 Å². The second-order valence-electron chi connectivity index (χ2n) is 5.33. The summed E-state index contributed by atoms with van der Waals surface area (Å²) in [6.45, 7) is 0.000749. The fourth-order valence-corrected chi connectivity index (χ4v) is 2.31. The van der Waals surface area contributed by atoms with Crippen molar-refractivity contribution in [3.63, 3.8) is 0 Å². The highest BCUT2D eigenvalue weighted by Crippen LogP contribution is 2.17. The van der Waals surface area contributed by atoms with Crippen molar-refractivity contribution in [2.45, 2.75) is 6.61 Å². The minimum Gasteiger partial charge on any atom is -0.459 e. The lowest BCUT2D eigenvalue weighted by Gasteiger charge is -2.12. The predicted molar refractivity (Wildman–Crippen MR) is 99.0 cm³/mol. The average molecular weight is 390 g/mol. The van der Waals surface area contributed by atoms with Crippen molar-refractivity contribution in [2.75, 3.05) is 10.6 Å². The lowest BCUT2D eigenvalue weighted by atomic mass is 10.2. The van der Waals surface area contributed by atoms with E-state index < -0.39 is 17.5 Å². The molecule has 138 valence electrons.